The van der Waals surface area contributed by atoms with Crippen molar-refractivity contribution in [3.05, 3.63) is 31.5 Å². The number of esters is 1. The zero-order chi connectivity index (χ0) is 17.3. The molecule has 1 aliphatic heterocycles. The van der Waals surface area contributed by atoms with Crippen LogP contribution in [0.2, 0.25) is 0 Å². The average Bonchev–Trinajstić information content (AvgIpc) is 2.77. The number of benzene rings is 1. The Morgan fingerprint density at radius 1 is 1.35 bits per heavy atom. The van der Waals surface area contributed by atoms with Crippen LogP contribution in [0.15, 0.2) is 26.0 Å². The summed E-state index contributed by atoms with van der Waals surface area (Å²) in [7, 11) is 1.19. The summed E-state index contributed by atoms with van der Waals surface area (Å²) in [5.74, 6) is -1.18. The monoisotopic (exact) mass is 463 g/mol. The minimum Gasteiger partial charge on any atom is -0.506 e. The molecule has 2 rings (SSSR count). The van der Waals surface area contributed by atoms with Crippen molar-refractivity contribution in [2.24, 2.45) is 0 Å². The molecule has 122 valence electrons. The molecular weight excluding hydrogens is 454 g/mol. The molecule has 23 heavy (non-hydrogen) atoms. The number of aromatic hydroxyl groups is 1. The number of carbonyl (C=O) groups is 3. The van der Waals surface area contributed by atoms with E-state index in [0.717, 1.165) is 16.7 Å². The fraction of sp³-hybridized carbons (Fsp3) is 0.214. The van der Waals surface area contributed by atoms with Gasteiger partial charge in [0.25, 0.3) is 11.1 Å². The molecule has 1 heterocycles. The smallest absolute Gasteiger partial charge is 0.328 e. The highest BCUT2D eigenvalue weighted by Gasteiger charge is 2.41. The van der Waals surface area contributed by atoms with Gasteiger partial charge >= 0.3 is 5.97 Å². The lowest BCUT2D eigenvalue weighted by molar-refractivity contribution is -0.148. The van der Waals surface area contributed by atoms with Crippen LogP contribution in [-0.2, 0) is 14.3 Å². The molecule has 2 amide bonds. The fourth-order valence-corrected chi connectivity index (χ4v) is 4.04. The molecule has 6 nitrogen and oxygen atoms in total. The molecular formula is C14H11Br2NO5S. The largest absolute Gasteiger partial charge is 0.506 e. The van der Waals surface area contributed by atoms with Crippen LogP contribution in [0.3, 0.4) is 0 Å². The number of nitrogens with zero attached hydrogens (tertiary/aromatic N) is 1. The number of carbonyl (C=O) groups excluding carboxylic acids is 3. The Labute approximate surface area is 153 Å². The minimum absolute atomic E-state index is 0.0366. The molecule has 0 spiro atoms. The van der Waals surface area contributed by atoms with Crippen molar-refractivity contribution in [3.63, 3.8) is 0 Å². The van der Waals surface area contributed by atoms with Crippen LogP contribution >= 0.6 is 43.6 Å². The minimum atomic E-state index is -0.989. The Kier molecular flexibility index (Phi) is 5.53. The molecule has 9 heteroatoms. The van der Waals surface area contributed by atoms with Gasteiger partial charge in [0.1, 0.15) is 11.8 Å². The number of phenols is 1. The van der Waals surface area contributed by atoms with Crippen LogP contribution in [0.4, 0.5) is 4.79 Å². The summed E-state index contributed by atoms with van der Waals surface area (Å²) in [6.07, 6.45) is 1.52. The van der Waals surface area contributed by atoms with Gasteiger partial charge in [-0.2, -0.15) is 0 Å². The Morgan fingerprint density at radius 2 is 1.91 bits per heavy atom. The maximum absolute atomic E-state index is 12.4. The summed E-state index contributed by atoms with van der Waals surface area (Å²) in [5.41, 5.74) is 0.609. The molecule has 1 N–H and O–H groups in total. The number of imide groups is 1. The topological polar surface area (TPSA) is 83.9 Å². The zero-order valence-corrected chi connectivity index (χ0v) is 16.0. The van der Waals surface area contributed by atoms with E-state index in [1.54, 1.807) is 12.1 Å². The standard InChI is InChI=1S/C14H11Br2NO5S/c1-6(13(20)22-2)17-12(19)10(23-14(17)21)5-7-3-8(15)11(18)9(16)4-7/h3-6,18H,1-2H3/b10-5+/t6-/m0/s1. The van der Waals surface area contributed by atoms with Crippen molar-refractivity contribution < 1.29 is 24.2 Å². The summed E-state index contributed by atoms with van der Waals surface area (Å²) < 4.78 is 5.45. The first-order valence-corrected chi connectivity index (χ1v) is 8.69. The number of phenolic OH excluding ortho intramolecular Hbond substituents is 1. The number of hydrogen-bond acceptors (Lipinski definition) is 6. The van der Waals surface area contributed by atoms with E-state index < -0.39 is 23.2 Å². The number of halogens is 2. The molecule has 1 saturated heterocycles. The van der Waals surface area contributed by atoms with E-state index in [9.17, 15) is 19.5 Å². The third-order valence-corrected chi connectivity index (χ3v) is 5.18. The van der Waals surface area contributed by atoms with Crippen LogP contribution in [0.1, 0.15) is 12.5 Å². The van der Waals surface area contributed by atoms with Gasteiger partial charge < -0.3 is 9.84 Å². The van der Waals surface area contributed by atoms with E-state index in [4.69, 9.17) is 0 Å². The van der Waals surface area contributed by atoms with E-state index in [-0.39, 0.29) is 10.7 Å². The van der Waals surface area contributed by atoms with Crippen molar-refractivity contribution in [2.75, 3.05) is 7.11 Å². The molecule has 0 bridgehead atoms. The number of rotatable bonds is 3. The van der Waals surface area contributed by atoms with Crippen molar-refractivity contribution in [1.82, 2.24) is 4.90 Å². The predicted octanol–water partition coefficient (Wildman–Crippen LogP) is 3.52. The van der Waals surface area contributed by atoms with E-state index in [1.165, 1.54) is 20.1 Å². The van der Waals surface area contributed by atoms with Gasteiger partial charge in [-0.15, -0.1) is 0 Å². The Balaban J connectivity index is 2.34. The quantitative estimate of drug-likeness (QED) is 0.544. The number of hydrogen-bond donors (Lipinski definition) is 1. The second kappa shape index (κ2) is 7.06. The van der Waals surface area contributed by atoms with Crippen molar-refractivity contribution >= 4 is 66.8 Å². The molecule has 0 unspecified atom stereocenters. The van der Waals surface area contributed by atoms with E-state index in [0.29, 0.717) is 14.5 Å². The van der Waals surface area contributed by atoms with Crippen LogP contribution in [0.5, 0.6) is 5.75 Å². The van der Waals surface area contributed by atoms with Gasteiger partial charge in [-0.1, -0.05) is 0 Å². The van der Waals surface area contributed by atoms with Gasteiger partial charge in [-0.25, -0.2) is 4.79 Å². The Morgan fingerprint density at radius 3 is 2.43 bits per heavy atom. The third-order valence-electron chi connectivity index (χ3n) is 3.09. The first-order valence-electron chi connectivity index (χ1n) is 6.29. The van der Waals surface area contributed by atoms with Crippen LogP contribution in [-0.4, -0.2) is 40.3 Å². The summed E-state index contributed by atoms with van der Waals surface area (Å²) in [6.45, 7) is 1.43. The second-order valence-electron chi connectivity index (χ2n) is 4.58. The Hall–Kier alpha value is -1.32. The van der Waals surface area contributed by atoms with Gasteiger partial charge in [-0.05, 0) is 74.3 Å². The fourth-order valence-electron chi connectivity index (χ4n) is 1.91. The molecule has 1 fully saturated rings. The van der Waals surface area contributed by atoms with Gasteiger partial charge in [0.2, 0.25) is 0 Å². The van der Waals surface area contributed by atoms with Crippen molar-refractivity contribution in [1.29, 1.82) is 0 Å². The summed E-state index contributed by atoms with van der Waals surface area (Å²) in [6, 6.07) is 2.23. The van der Waals surface area contributed by atoms with Gasteiger partial charge in [0.15, 0.2) is 0 Å². The lowest BCUT2D eigenvalue weighted by Crippen LogP contribution is -2.42. The molecule has 1 atom stereocenters. The van der Waals surface area contributed by atoms with Crippen molar-refractivity contribution in [3.8, 4) is 5.75 Å². The normalized spacial score (nSPS) is 17.7. The van der Waals surface area contributed by atoms with Gasteiger partial charge in [0, 0.05) is 0 Å². The van der Waals surface area contributed by atoms with Crippen molar-refractivity contribution in [2.45, 2.75) is 13.0 Å². The lowest BCUT2D eigenvalue weighted by Gasteiger charge is -2.18. The summed E-state index contributed by atoms with van der Waals surface area (Å²) in [4.78, 5) is 37.0. The molecule has 0 aliphatic carbocycles. The molecule has 0 aromatic heterocycles. The lowest BCUT2D eigenvalue weighted by atomic mass is 10.2. The van der Waals surface area contributed by atoms with Crippen LogP contribution < -0.4 is 0 Å². The first-order chi connectivity index (χ1) is 10.8. The molecule has 0 radical (unpaired) electrons. The van der Waals surface area contributed by atoms with Gasteiger partial charge in [-0.3, -0.25) is 14.5 Å². The highest BCUT2D eigenvalue weighted by atomic mass is 79.9. The molecule has 1 aromatic carbocycles. The van der Waals surface area contributed by atoms with Gasteiger partial charge in [0.05, 0.1) is 21.0 Å². The number of methoxy groups -OCH3 is 1. The maximum atomic E-state index is 12.4. The molecule has 0 saturated carbocycles. The maximum Gasteiger partial charge on any atom is 0.328 e. The second-order valence-corrected chi connectivity index (χ2v) is 7.29. The highest BCUT2D eigenvalue weighted by Crippen LogP contribution is 2.37. The van der Waals surface area contributed by atoms with E-state index in [2.05, 4.69) is 36.6 Å². The average molecular weight is 465 g/mol. The van der Waals surface area contributed by atoms with Crippen LogP contribution in [0.25, 0.3) is 6.08 Å². The Bertz CT molecular complexity index is 711. The number of amides is 2. The molecule has 1 aromatic rings. The molecule has 1 aliphatic rings. The highest BCUT2D eigenvalue weighted by molar-refractivity contribution is 9.11. The summed E-state index contributed by atoms with van der Waals surface area (Å²) in [5, 5.41) is 9.16. The summed E-state index contributed by atoms with van der Waals surface area (Å²) >= 11 is 7.14. The SMILES string of the molecule is COC(=O)[C@H](C)N1C(=O)S/C(=C/c2cc(Br)c(O)c(Br)c2)C1=O. The zero-order valence-electron chi connectivity index (χ0n) is 12.0. The third kappa shape index (κ3) is 3.61. The van der Waals surface area contributed by atoms with E-state index in [1.807, 2.05) is 0 Å². The van der Waals surface area contributed by atoms with E-state index >= 15 is 0 Å². The number of ether oxygens (including phenoxy) is 1. The van der Waals surface area contributed by atoms with Crippen LogP contribution in [0, 0.1) is 0 Å². The number of thioether (sulfide) groups is 1. The first kappa shape index (κ1) is 18.0. The predicted molar refractivity (Wildman–Crippen MR) is 92.8 cm³/mol.